The molecule has 0 spiro atoms. The van der Waals surface area contributed by atoms with Gasteiger partial charge in [0.05, 0.1) is 36.5 Å². The molecule has 4 aromatic rings. The first-order chi connectivity index (χ1) is 29.3. The van der Waals surface area contributed by atoms with Crippen LogP contribution in [0.4, 0.5) is 9.59 Å². The van der Waals surface area contributed by atoms with E-state index in [4.69, 9.17) is 33.3 Å². The average molecular weight is 843 g/mol. The van der Waals surface area contributed by atoms with Gasteiger partial charge in [-0.25, -0.2) is 19.6 Å². The van der Waals surface area contributed by atoms with Crippen LogP contribution in [0.3, 0.4) is 0 Å². The van der Waals surface area contributed by atoms with Crippen LogP contribution in [-0.4, -0.2) is 116 Å². The molecule has 1 saturated heterocycles. The van der Waals surface area contributed by atoms with Gasteiger partial charge in [-0.3, -0.25) is 18.8 Å². The normalized spacial score (nSPS) is 20.2. The summed E-state index contributed by atoms with van der Waals surface area (Å²) in [6.45, 7) is 6.36. The number of fused-ring (bicyclic) bond motifs is 1. The summed E-state index contributed by atoms with van der Waals surface area (Å²) >= 11 is 0. The first kappa shape index (κ1) is 45.4. The lowest BCUT2D eigenvalue weighted by Crippen LogP contribution is -2.57. The van der Waals surface area contributed by atoms with Crippen LogP contribution in [-0.2, 0) is 44.7 Å². The zero-order valence-corrected chi connectivity index (χ0v) is 35.0. The van der Waals surface area contributed by atoms with Crippen molar-refractivity contribution in [2.45, 2.75) is 97.0 Å². The molecule has 0 radical (unpaired) electrons. The van der Waals surface area contributed by atoms with E-state index in [0.717, 1.165) is 31.2 Å². The number of esters is 2. The second-order valence-electron chi connectivity index (χ2n) is 15.0. The molecule has 1 aliphatic heterocycles. The number of likely N-dealkylation sites (N-methyl/N-ethyl adjacent to an activating group) is 2. The highest BCUT2D eigenvalue weighted by Crippen LogP contribution is 2.37. The molecule has 19 nitrogen and oxygen atoms in total. The Labute approximate surface area is 352 Å². The third-order valence-corrected chi connectivity index (χ3v) is 10.9. The molecule has 2 fully saturated rings. The van der Waals surface area contributed by atoms with Crippen LogP contribution in [0.5, 0.6) is 5.75 Å². The van der Waals surface area contributed by atoms with E-state index in [-0.39, 0.29) is 43.8 Å². The minimum Gasteiger partial charge on any atom is -0.460 e. The monoisotopic (exact) mass is 842 g/mol. The molecule has 0 unspecified atom stereocenters. The molecule has 2 aliphatic rings. The number of nitriles is 1. The fourth-order valence-corrected chi connectivity index (χ4v) is 7.58. The maximum absolute atomic E-state index is 13.6. The lowest BCUT2D eigenvalue weighted by atomic mass is 9.91. The number of carbonyl (C=O) groups is 4. The first-order valence-electron chi connectivity index (χ1n) is 19.9. The number of hydrogen-bond acceptors (Lipinski definition) is 15. The molecular weight excluding hydrogens is 793 g/mol. The van der Waals surface area contributed by atoms with Gasteiger partial charge >= 0.3 is 30.2 Å². The molecule has 0 N–H and O–H groups in total. The topological polar surface area (TPSA) is 227 Å². The van der Waals surface area contributed by atoms with E-state index in [9.17, 15) is 24.4 Å². The van der Waals surface area contributed by atoms with Gasteiger partial charge in [-0.05, 0) is 37.8 Å². The number of rotatable bonds is 13. The van der Waals surface area contributed by atoms with Gasteiger partial charge in [-0.15, -0.1) is 0 Å². The Bertz CT molecular complexity index is 2240. The fraction of sp³-hybridized carbons (Fsp3) is 0.500. The van der Waals surface area contributed by atoms with Crippen LogP contribution in [0.2, 0.25) is 0 Å². The van der Waals surface area contributed by atoms with E-state index in [1.54, 1.807) is 56.8 Å². The van der Waals surface area contributed by atoms with Gasteiger partial charge in [0.15, 0.2) is 5.65 Å². The van der Waals surface area contributed by atoms with Gasteiger partial charge in [-0.1, -0.05) is 38.0 Å². The van der Waals surface area contributed by atoms with Crippen molar-refractivity contribution in [3.63, 3.8) is 0 Å². The minimum atomic E-state index is -1.12. The smallest absolute Gasteiger partial charge is 0.409 e. The molecule has 3 aromatic heterocycles. The number of para-hydroxylation sites is 1. The Morgan fingerprint density at radius 1 is 0.967 bits per heavy atom. The van der Waals surface area contributed by atoms with Crippen molar-refractivity contribution in [3.05, 3.63) is 60.8 Å². The summed E-state index contributed by atoms with van der Waals surface area (Å²) in [5.74, 6) is -0.687. The van der Waals surface area contributed by atoms with E-state index >= 15 is 0 Å². The summed E-state index contributed by atoms with van der Waals surface area (Å²) in [6.07, 6.45) is 7.83. The molecule has 61 heavy (non-hydrogen) atoms. The van der Waals surface area contributed by atoms with Crippen molar-refractivity contribution in [2.24, 2.45) is 11.8 Å². The summed E-state index contributed by atoms with van der Waals surface area (Å²) in [7, 11) is 3.20. The zero-order valence-electron chi connectivity index (χ0n) is 35.0. The summed E-state index contributed by atoms with van der Waals surface area (Å²) in [6, 6.07) is 10.6. The molecule has 6 atom stereocenters. The maximum Gasteiger partial charge on any atom is 0.409 e. The van der Waals surface area contributed by atoms with Crippen molar-refractivity contribution in [1.82, 2.24) is 34.1 Å². The predicted molar refractivity (Wildman–Crippen MR) is 213 cm³/mol. The average Bonchev–Trinajstić information content (AvgIpc) is 4.04. The Kier molecular flexibility index (Phi) is 15.7. The molecule has 0 bridgehead atoms. The summed E-state index contributed by atoms with van der Waals surface area (Å²) < 4.78 is 32.3. The fourth-order valence-electron chi connectivity index (χ4n) is 7.58. The van der Waals surface area contributed by atoms with Crippen molar-refractivity contribution in [1.29, 1.82) is 5.26 Å². The second-order valence-corrected chi connectivity index (χ2v) is 15.0. The molecule has 2 amide bonds. The van der Waals surface area contributed by atoms with Gasteiger partial charge in [0, 0.05) is 75.9 Å². The molecule has 324 valence electrons. The number of amides is 2. The van der Waals surface area contributed by atoms with Crippen molar-refractivity contribution >= 4 is 41.2 Å². The van der Waals surface area contributed by atoms with E-state index in [2.05, 4.69) is 21.1 Å². The summed E-state index contributed by atoms with van der Waals surface area (Å²) in [5, 5.41) is 14.8. The Hall–Kier alpha value is -6.64. The minimum absolute atomic E-state index is 0.000448. The number of nitrogens with zero attached hydrogens (tertiary/aromatic N) is 8. The van der Waals surface area contributed by atoms with Gasteiger partial charge in [0.1, 0.15) is 24.8 Å². The number of carbonyl (C=O) groups excluding carboxylic acids is 6. The number of benzene rings is 1. The van der Waals surface area contributed by atoms with Gasteiger partial charge in [0.25, 0.3) is 0 Å². The van der Waals surface area contributed by atoms with Gasteiger partial charge < -0.3 is 33.5 Å². The standard InChI is InChI=1S/C41H50N8O9.CO2/c1-25-26(2)55-39(37(57-28(4)51)36(25)56-27(3)50)58-34-14-10-9-13-30(34)23-54-41(53)47(6)20-19-46(5)40(52)48-18-16-32-35(43-24-44-38(32)48)31-21-45-49(22-31)33(15-17-42)29-11-7-8-12-29;2-1-3/h9-10,13-14,16,18,21-22,24-26,29,33,36-37,39H,7-8,11-12,15,19-20,23H2,1-6H3;/t25-,26-,33-,36+,37-,39+;/m1./s1. The largest absolute Gasteiger partial charge is 0.460 e. The summed E-state index contributed by atoms with van der Waals surface area (Å²) in [4.78, 5) is 78.7. The molecule has 1 saturated carbocycles. The third-order valence-electron chi connectivity index (χ3n) is 10.9. The van der Waals surface area contributed by atoms with Crippen LogP contribution in [0.25, 0.3) is 22.3 Å². The molecular formula is C42H50N8O11. The highest BCUT2D eigenvalue weighted by atomic mass is 16.7. The molecule has 6 rings (SSSR count). The number of aromatic nitrogens is 5. The van der Waals surface area contributed by atoms with E-state index in [0.29, 0.717) is 40.4 Å². The maximum atomic E-state index is 13.6. The molecule has 19 heteroatoms. The van der Waals surface area contributed by atoms with E-state index in [1.807, 2.05) is 24.7 Å². The van der Waals surface area contributed by atoms with E-state index < -0.39 is 42.6 Å². The quantitative estimate of drug-likeness (QED) is 0.125. The Morgan fingerprint density at radius 2 is 1.64 bits per heavy atom. The van der Waals surface area contributed by atoms with Crippen molar-refractivity contribution in [3.8, 4) is 23.1 Å². The number of ether oxygens (including phenoxy) is 5. The predicted octanol–water partition coefficient (Wildman–Crippen LogP) is 5.15. The van der Waals surface area contributed by atoms with E-state index in [1.165, 1.54) is 34.5 Å². The highest BCUT2D eigenvalue weighted by Gasteiger charge is 2.48. The number of hydrogen-bond donors (Lipinski definition) is 0. The Balaban J connectivity index is 0.00000228. The van der Waals surface area contributed by atoms with Gasteiger partial charge in [0.2, 0.25) is 12.4 Å². The first-order valence-corrected chi connectivity index (χ1v) is 19.9. The highest BCUT2D eigenvalue weighted by molar-refractivity contribution is 5.96. The molecule has 4 heterocycles. The SMILES string of the molecule is CC(=O)O[C@H]1[C@H](Oc2ccccc2COC(=O)N(C)CCN(C)C(=O)n2ccc3c(-c4cnn([C@H](CC#N)C5CCCC5)c4)ncnc32)O[C@H](C)[C@@H](C)[C@@H]1OC(C)=O.O=C=O. The van der Waals surface area contributed by atoms with Crippen LogP contribution in [0.15, 0.2) is 55.2 Å². The van der Waals surface area contributed by atoms with Crippen LogP contribution >= 0.6 is 0 Å². The second kappa shape index (κ2) is 21.1. The van der Waals surface area contributed by atoms with Crippen molar-refractivity contribution < 1.29 is 52.5 Å². The van der Waals surface area contributed by atoms with Crippen LogP contribution in [0.1, 0.15) is 71.4 Å². The third kappa shape index (κ3) is 11.1. The Morgan fingerprint density at radius 3 is 2.33 bits per heavy atom. The lowest BCUT2D eigenvalue weighted by molar-refractivity contribution is -0.263. The van der Waals surface area contributed by atoms with Crippen molar-refractivity contribution in [2.75, 3.05) is 27.2 Å². The van der Waals surface area contributed by atoms with Crippen LogP contribution < -0.4 is 4.74 Å². The van der Waals surface area contributed by atoms with Gasteiger partial charge in [-0.2, -0.15) is 19.9 Å². The molecule has 1 aliphatic carbocycles. The summed E-state index contributed by atoms with van der Waals surface area (Å²) in [5.41, 5.74) is 2.34. The van der Waals surface area contributed by atoms with Crippen LogP contribution in [0, 0.1) is 23.2 Å². The molecule has 1 aromatic carbocycles. The zero-order chi connectivity index (χ0) is 44.2. The lowest BCUT2D eigenvalue weighted by Gasteiger charge is -2.43.